The Morgan fingerprint density at radius 3 is 2.68 bits per heavy atom. The smallest absolute Gasteiger partial charge is 0.252 e. The average molecular weight is 264 g/mol. The number of nitrogen functional groups attached to an aromatic ring is 1. The second kappa shape index (κ2) is 6.72. The molecule has 0 aromatic carbocycles. The molecule has 2 amide bonds. The van der Waals surface area contributed by atoms with Crippen molar-refractivity contribution in [1.29, 1.82) is 0 Å². The third-order valence-electron chi connectivity index (χ3n) is 2.53. The number of hydrogen-bond donors (Lipinski definition) is 3. The van der Waals surface area contributed by atoms with Gasteiger partial charge in [-0.25, -0.2) is 4.98 Å². The molecule has 4 N–H and O–H groups in total. The van der Waals surface area contributed by atoms with Gasteiger partial charge in [0.15, 0.2) is 0 Å². The van der Waals surface area contributed by atoms with Crippen LogP contribution in [0.5, 0.6) is 0 Å². The van der Waals surface area contributed by atoms with Gasteiger partial charge < -0.3 is 16.4 Å². The van der Waals surface area contributed by atoms with E-state index in [4.69, 9.17) is 5.73 Å². The van der Waals surface area contributed by atoms with Gasteiger partial charge in [-0.15, -0.1) is 0 Å². The lowest BCUT2D eigenvalue weighted by Crippen LogP contribution is -2.45. The molecule has 0 aliphatic heterocycles. The Labute approximate surface area is 112 Å². The lowest BCUT2D eigenvalue weighted by atomic mass is 10.2. The molecule has 0 aliphatic carbocycles. The zero-order chi connectivity index (χ0) is 14.4. The fourth-order valence-corrected chi connectivity index (χ4v) is 1.57. The summed E-state index contributed by atoms with van der Waals surface area (Å²) in [6.45, 7) is 5.96. The summed E-state index contributed by atoms with van der Waals surface area (Å²) in [5.74, 6) is -0.251. The first-order valence-electron chi connectivity index (χ1n) is 6.26. The Kier molecular flexibility index (Phi) is 5.29. The van der Waals surface area contributed by atoms with Crippen LogP contribution in [0.15, 0.2) is 12.1 Å². The van der Waals surface area contributed by atoms with Crippen LogP contribution in [0.4, 0.5) is 5.82 Å². The fraction of sp³-hybridized carbons (Fsp3) is 0.462. The molecule has 0 fully saturated rings. The molecular weight excluding hydrogens is 244 g/mol. The Morgan fingerprint density at radius 1 is 1.42 bits per heavy atom. The monoisotopic (exact) mass is 264 g/mol. The highest BCUT2D eigenvalue weighted by Crippen LogP contribution is 2.07. The van der Waals surface area contributed by atoms with Crippen molar-refractivity contribution >= 4 is 17.6 Å². The number of carbonyl (C=O) groups excluding carboxylic acids is 2. The standard InChI is InChI=1S/C13H20N4O2/c1-4-5-15-12(18)9(3)17-13(19)10-6-8(2)16-11(14)7-10/h6-7,9H,4-5H2,1-3H3,(H2,14,16)(H,15,18)(H,17,19). The van der Waals surface area contributed by atoms with Crippen LogP contribution < -0.4 is 16.4 Å². The molecule has 0 bridgehead atoms. The molecule has 1 rings (SSSR count). The van der Waals surface area contributed by atoms with E-state index in [1.807, 2.05) is 6.92 Å². The predicted molar refractivity (Wildman–Crippen MR) is 73.6 cm³/mol. The van der Waals surface area contributed by atoms with Crippen molar-refractivity contribution in [1.82, 2.24) is 15.6 Å². The summed E-state index contributed by atoms with van der Waals surface area (Å²) in [6, 6.07) is 2.52. The van der Waals surface area contributed by atoms with Gasteiger partial charge in [-0.1, -0.05) is 6.92 Å². The van der Waals surface area contributed by atoms with E-state index in [1.54, 1.807) is 19.9 Å². The number of aryl methyl sites for hydroxylation is 1. The molecule has 0 saturated carbocycles. The number of nitrogens with two attached hydrogens (primary N) is 1. The number of nitrogens with one attached hydrogen (secondary N) is 2. The van der Waals surface area contributed by atoms with Crippen molar-refractivity contribution in [3.8, 4) is 0 Å². The van der Waals surface area contributed by atoms with Crippen molar-refractivity contribution in [2.24, 2.45) is 0 Å². The van der Waals surface area contributed by atoms with Gasteiger partial charge >= 0.3 is 0 Å². The van der Waals surface area contributed by atoms with Crippen LogP contribution in [0.3, 0.4) is 0 Å². The van der Waals surface area contributed by atoms with Crippen molar-refractivity contribution in [3.63, 3.8) is 0 Å². The van der Waals surface area contributed by atoms with Crippen LogP contribution in [0, 0.1) is 6.92 Å². The molecule has 6 heteroatoms. The van der Waals surface area contributed by atoms with E-state index in [-0.39, 0.29) is 17.6 Å². The Balaban J connectivity index is 2.66. The Bertz CT molecular complexity index is 453. The molecule has 19 heavy (non-hydrogen) atoms. The van der Waals surface area contributed by atoms with Crippen molar-refractivity contribution in [3.05, 3.63) is 23.4 Å². The lowest BCUT2D eigenvalue weighted by molar-refractivity contribution is -0.122. The second-order valence-corrected chi connectivity index (χ2v) is 4.41. The van der Waals surface area contributed by atoms with E-state index in [9.17, 15) is 9.59 Å². The van der Waals surface area contributed by atoms with Gasteiger partial charge in [0.2, 0.25) is 5.91 Å². The molecule has 0 radical (unpaired) electrons. The van der Waals surface area contributed by atoms with Crippen LogP contribution in [-0.2, 0) is 4.79 Å². The lowest BCUT2D eigenvalue weighted by Gasteiger charge is -2.14. The van der Waals surface area contributed by atoms with Gasteiger partial charge in [-0.05, 0) is 32.4 Å². The minimum atomic E-state index is -0.589. The Hall–Kier alpha value is -2.11. The summed E-state index contributed by atoms with van der Waals surface area (Å²) >= 11 is 0. The molecule has 1 heterocycles. The zero-order valence-electron chi connectivity index (χ0n) is 11.5. The van der Waals surface area contributed by atoms with Gasteiger partial charge in [0.1, 0.15) is 11.9 Å². The largest absolute Gasteiger partial charge is 0.384 e. The summed E-state index contributed by atoms with van der Waals surface area (Å²) in [6.07, 6.45) is 0.854. The van der Waals surface area contributed by atoms with Crippen LogP contribution >= 0.6 is 0 Å². The minimum absolute atomic E-state index is 0.200. The van der Waals surface area contributed by atoms with Crippen LogP contribution in [0.25, 0.3) is 0 Å². The number of pyridine rings is 1. The highest BCUT2D eigenvalue weighted by Gasteiger charge is 2.16. The Morgan fingerprint density at radius 2 is 2.11 bits per heavy atom. The third kappa shape index (κ3) is 4.57. The fourth-order valence-electron chi connectivity index (χ4n) is 1.57. The van der Waals surface area contributed by atoms with E-state index in [1.165, 1.54) is 6.07 Å². The van der Waals surface area contributed by atoms with E-state index < -0.39 is 6.04 Å². The van der Waals surface area contributed by atoms with E-state index in [2.05, 4.69) is 15.6 Å². The first-order valence-corrected chi connectivity index (χ1v) is 6.26. The van der Waals surface area contributed by atoms with Gasteiger partial charge in [0.25, 0.3) is 5.91 Å². The molecule has 1 unspecified atom stereocenters. The molecule has 104 valence electrons. The van der Waals surface area contributed by atoms with Crippen LogP contribution in [0.1, 0.15) is 36.3 Å². The molecule has 1 atom stereocenters. The summed E-state index contributed by atoms with van der Waals surface area (Å²) in [4.78, 5) is 27.6. The van der Waals surface area contributed by atoms with Crippen LogP contribution in [-0.4, -0.2) is 29.4 Å². The SMILES string of the molecule is CCCNC(=O)C(C)NC(=O)c1cc(C)nc(N)c1. The summed E-state index contributed by atoms with van der Waals surface area (Å²) in [5.41, 5.74) is 6.65. The number of anilines is 1. The maximum atomic E-state index is 12.0. The number of aromatic nitrogens is 1. The van der Waals surface area contributed by atoms with Gasteiger partial charge in [-0.2, -0.15) is 0 Å². The molecule has 6 nitrogen and oxygen atoms in total. The topological polar surface area (TPSA) is 97.1 Å². The van der Waals surface area contributed by atoms with E-state index in [0.29, 0.717) is 17.8 Å². The number of amides is 2. The molecule has 0 spiro atoms. The molecule has 1 aromatic heterocycles. The summed E-state index contributed by atoms with van der Waals surface area (Å²) in [5, 5.41) is 5.35. The van der Waals surface area contributed by atoms with E-state index in [0.717, 1.165) is 6.42 Å². The summed E-state index contributed by atoms with van der Waals surface area (Å²) in [7, 11) is 0. The third-order valence-corrected chi connectivity index (χ3v) is 2.53. The molecular formula is C13H20N4O2. The highest BCUT2D eigenvalue weighted by atomic mass is 16.2. The minimum Gasteiger partial charge on any atom is -0.384 e. The van der Waals surface area contributed by atoms with Crippen molar-refractivity contribution < 1.29 is 9.59 Å². The van der Waals surface area contributed by atoms with E-state index >= 15 is 0 Å². The van der Waals surface area contributed by atoms with Crippen molar-refractivity contribution in [2.45, 2.75) is 33.2 Å². The maximum Gasteiger partial charge on any atom is 0.252 e. The zero-order valence-corrected chi connectivity index (χ0v) is 11.5. The number of hydrogen-bond acceptors (Lipinski definition) is 4. The molecule has 0 saturated heterocycles. The number of rotatable bonds is 5. The first-order chi connectivity index (χ1) is 8.93. The van der Waals surface area contributed by atoms with Crippen LogP contribution in [0.2, 0.25) is 0 Å². The van der Waals surface area contributed by atoms with Gasteiger partial charge in [0, 0.05) is 17.8 Å². The van der Waals surface area contributed by atoms with Crippen molar-refractivity contribution in [2.75, 3.05) is 12.3 Å². The molecule has 1 aromatic rings. The quantitative estimate of drug-likeness (QED) is 0.726. The average Bonchev–Trinajstić information content (AvgIpc) is 2.34. The second-order valence-electron chi connectivity index (χ2n) is 4.41. The number of nitrogens with zero attached hydrogens (tertiary/aromatic N) is 1. The first kappa shape index (κ1) is 14.9. The number of carbonyl (C=O) groups is 2. The van der Waals surface area contributed by atoms with Gasteiger partial charge in [0.05, 0.1) is 0 Å². The normalized spacial score (nSPS) is 11.7. The molecule has 0 aliphatic rings. The summed E-state index contributed by atoms with van der Waals surface area (Å²) < 4.78 is 0. The maximum absolute atomic E-state index is 12.0. The van der Waals surface area contributed by atoms with Gasteiger partial charge in [-0.3, -0.25) is 9.59 Å². The highest BCUT2D eigenvalue weighted by molar-refractivity contribution is 5.97. The predicted octanol–water partition coefficient (Wildman–Crippen LogP) is 0.617.